The summed E-state index contributed by atoms with van der Waals surface area (Å²) in [6, 6.07) is 17.0. The van der Waals surface area contributed by atoms with E-state index >= 15 is 0 Å². The molecule has 0 amide bonds. The largest absolute Gasteiger partial charge is 0.493 e. The summed E-state index contributed by atoms with van der Waals surface area (Å²) in [6.07, 6.45) is 3.08. The fourth-order valence-corrected chi connectivity index (χ4v) is 3.83. The van der Waals surface area contributed by atoms with Gasteiger partial charge in [0, 0.05) is 16.8 Å². The number of carbonyl (C=O) groups excluding carboxylic acids is 1. The van der Waals surface area contributed by atoms with Crippen molar-refractivity contribution in [2.24, 2.45) is 4.99 Å². The smallest absolute Gasteiger partial charge is 0.326 e. The first-order chi connectivity index (χ1) is 16.9. The van der Waals surface area contributed by atoms with Crippen molar-refractivity contribution in [2.75, 3.05) is 5.73 Å². The average Bonchev–Trinajstić information content (AvgIpc) is 3.40. The number of rotatable bonds is 5. The minimum absolute atomic E-state index is 0.00689. The molecule has 0 aliphatic carbocycles. The van der Waals surface area contributed by atoms with Gasteiger partial charge in [0.15, 0.2) is 16.9 Å². The standard InChI is InChI=1S/C25H21N7O3/c1-14(33)15-6-4-7-16(9-15)19-8-3-2-5-17(19)12-27-22-11-21(26)32-23(30-22)18(13-28-32)10-20-24(34)31-25(35)29-20/h2-11,13,34H,12,26H2,1H3,(H2,29,31,35)/b18-10-,27-22?. The van der Waals surface area contributed by atoms with Crippen LogP contribution in [0.25, 0.3) is 22.9 Å². The number of hydrogen-bond acceptors (Lipinski definition) is 7. The predicted octanol–water partition coefficient (Wildman–Crippen LogP) is 1.55. The van der Waals surface area contributed by atoms with E-state index in [1.54, 1.807) is 25.1 Å². The van der Waals surface area contributed by atoms with Gasteiger partial charge in [-0.3, -0.25) is 14.8 Å². The Labute approximate surface area is 198 Å². The molecule has 5 N–H and O–H groups in total. The number of nitrogens with two attached hydrogens (primary N) is 1. The molecule has 0 fully saturated rings. The summed E-state index contributed by atoms with van der Waals surface area (Å²) in [6.45, 7) is 1.88. The number of nitrogens with one attached hydrogen (secondary N) is 2. The van der Waals surface area contributed by atoms with Crippen LogP contribution < -0.4 is 22.1 Å². The zero-order chi connectivity index (χ0) is 24.5. The lowest BCUT2D eigenvalue weighted by atomic mass is 9.97. The normalized spacial score (nSPS) is 12.5. The molecule has 0 radical (unpaired) electrons. The first-order valence-corrected chi connectivity index (χ1v) is 10.8. The number of H-pyrrole nitrogens is 2. The number of anilines is 1. The summed E-state index contributed by atoms with van der Waals surface area (Å²) in [5.74, 6) is 0.0590. The predicted molar refractivity (Wildman–Crippen MR) is 130 cm³/mol. The van der Waals surface area contributed by atoms with Crippen molar-refractivity contribution < 1.29 is 9.90 Å². The number of Topliss-reactive ketones (excluding diaryl/α,β-unsaturated/α-hetero) is 1. The third-order valence-electron chi connectivity index (χ3n) is 5.56. The second kappa shape index (κ2) is 8.75. The Morgan fingerprint density at radius 1 is 1.17 bits per heavy atom. The number of nitrogen functional groups attached to an aromatic ring is 1. The zero-order valence-electron chi connectivity index (χ0n) is 18.7. The monoisotopic (exact) mass is 467 g/mol. The number of ketones is 1. The van der Waals surface area contributed by atoms with Crippen molar-refractivity contribution in [3.05, 3.63) is 98.8 Å². The summed E-state index contributed by atoms with van der Waals surface area (Å²) in [4.78, 5) is 37.2. The molecule has 35 heavy (non-hydrogen) atoms. The number of hydrogen-bond donors (Lipinski definition) is 4. The van der Waals surface area contributed by atoms with E-state index in [2.05, 4.69) is 25.0 Å². The van der Waals surface area contributed by atoms with Crippen LogP contribution in [0, 0.1) is 0 Å². The van der Waals surface area contributed by atoms with Gasteiger partial charge >= 0.3 is 5.69 Å². The molecular weight excluding hydrogens is 446 g/mol. The highest BCUT2D eigenvalue weighted by atomic mass is 16.3. The molecule has 10 nitrogen and oxygen atoms in total. The lowest BCUT2D eigenvalue weighted by Gasteiger charge is -2.09. The molecule has 3 aromatic heterocycles. The molecule has 10 heteroatoms. The second-order valence-electron chi connectivity index (χ2n) is 7.97. The van der Waals surface area contributed by atoms with Gasteiger partial charge in [0.25, 0.3) is 0 Å². The highest BCUT2D eigenvalue weighted by Crippen LogP contribution is 2.25. The molecule has 174 valence electrons. The number of aromatic nitrogens is 5. The number of benzene rings is 2. The van der Waals surface area contributed by atoms with Crippen LogP contribution in [0.15, 0.2) is 70.6 Å². The van der Waals surface area contributed by atoms with Gasteiger partial charge in [-0.2, -0.15) is 9.61 Å². The van der Waals surface area contributed by atoms with Crippen LogP contribution in [-0.4, -0.2) is 35.5 Å². The van der Waals surface area contributed by atoms with Crippen LogP contribution in [-0.2, 0) is 6.54 Å². The topological polar surface area (TPSA) is 155 Å². The molecule has 0 aliphatic rings. The number of nitrogens with zero attached hydrogens (tertiary/aromatic N) is 4. The molecule has 0 atom stereocenters. The molecule has 0 bridgehead atoms. The number of imidazole rings is 1. The fourth-order valence-electron chi connectivity index (χ4n) is 3.83. The molecule has 0 spiro atoms. The number of aromatic hydroxyl groups is 1. The van der Waals surface area contributed by atoms with Crippen molar-refractivity contribution in [3.63, 3.8) is 0 Å². The van der Waals surface area contributed by atoms with Gasteiger partial charge in [0.1, 0.15) is 11.5 Å². The Hall–Kier alpha value is -4.99. The van der Waals surface area contributed by atoms with Crippen molar-refractivity contribution in [1.29, 1.82) is 0 Å². The molecule has 3 heterocycles. The molecule has 5 aromatic rings. The summed E-state index contributed by atoms with van der Waals surface area (Å²) in [5, 5.41) is 14.6. The molecule has 0 saturated heterocycles. The third kappa shape index (κ3) is 4.32. The minimum atomic E-state index is -0.527. The lowest BCUT2D eigenvalue weighted by Crippen LogP contribution is -2.16. The zero-order valence-corrected chi connectivity index (χ0v) is 18.7. The van der Waals surface area contributed by atoms with Crippen LogP contribution in [0.4, 0.5) is 5.82 Å². The Morgan fingerprint density at radius 2 is 2.00 bits per heavy atom. The van der Waals surface area contributed by atoms with Gasteiger partial charge in [0.2, 0.25) is 5.88 Å². The Morgan fingerprint density at radius 3 is 2.77 bits per heavy atom. The van der Waals surface area contributed by atoms with Crippen LogP contribution in [0.1, 0.15) is 28.5 Å². The van der Waals surface area contributed by atoms with Crippen molar-refractivity contribution in [1.82, 2.24) is 24.6 Å². The first-order valence-electron chi connectivity index (χ1n) is 10.8. The van der Waals surface area contributed by atoms with Crippen LogP contribution >= 0.6 is 0 Å². The molecule has 0 saturated carbocycles. The van der Waals surface area contributed by atoms with Gasteiger partial charge in [-0.05, 0) is 35.8 Å². The van der Waals surface area contributed by atoms with Crippen molar-refractivity contribution in [3.8, 4) is 17.0 Å². The summed E-state index contributed by atoms with van der Waals surface area (Å²) < 4.78 is 1.45. The van der Waals surface area contributed by atoms with Crippen molar-refractivity contribution in [2.45, 2.75) is 13.5 Å². The van der Waals surface area contributed by atoms with E-state index in [9.17, 15) is 14.7 Å². The molecule has 2 aromatic carbocycles. The van der Waals surface area contributed by atoms with Crippen LogP contribution in [0.3, 0.4) is 0 Å². The fraction of sp³-hybridized carbons (Fsp3) is 0.0800. The van der Waals surface area contributed by atoms with E-state index in [4.69, 9.17) is 5.73 Å². The average molecular weight is 467 g/mol. The quantitative estimate of drug-likeness (QED) is 0.288. The highest BCUT2D eigenvalue weighted by Gasteiger charge is 2.09. The Kier molecular flexibility index (Phi) is 5.46. The molecule has 5 rings (SSSR count). The summed E-state index contributed by atoms with van der Waals surface area (Å²) in [5.41, 5.74) is 10.2. The van der Waals surface area contributed by atoms with E-state index in [-0.39, 0.29) is 17.4 Å². The summed E-state index contributed by atoms with van der Waals surface area (Å²) in [7, 11) is 0. The highest BCUT2D eigenvalue weighted by molar-refractivity contribution is 5.95. The van der Waals surface area contributed by atoms with Gasteiger partial charge in [-0.25, -0.2) is 9.78 Å². The number of fused-ring (bicyclic) bond motifs is 1. The molecular formula is C25H21N7O3. The number of carbonyl (C=O) groups is 1. The van der Waals surface area contributed by atoms with E-state index in [0.717, 1.165) is 16.7 Å². The van der Waals surface area contributed by atoms with Gasteiger partial charge in [-0.15, -0.1) is 0 Å². The maximum absolute atomic E-state index is 11.8. The first kappa shape index (κ1) is 21.8. The van der Waals surface area contributed by atoms with Gasteiger partial charge in [-0.1, -0.05) is 42.5 Å². The van der Waals surface area contributed by atoms with Crippen molar-refractivity contribution >= 4 is 23.3 Å². The SMILES string of the molecule is CC(=O)c1cccc(-c2ccccc2CN=c2cc(N)n3nc/c(=C/c4[nH]c(=O)[nH]c4O)c3n2)c1. The van der Waals surface area contributed by atoms with Crippen LogP contribution in [0.2, 0.25) is 0 Å². The van der Waals surface area contributed by atoms with Gasteiger partial charge < -0.3 is 15.8 Å². The molecule has 0 unspecified atom stereocenters. The molecule has 0 aliphatic heterocycles. The van der Waals surface area contributed by atoms with E-state index in [0.29, 0.717) is 34.3 Å². The lowest BCUT2D eigenvalue weighted by molar-refractivity contribution is 0.101. The van der Waals surface area contributed by atoms with E-state index in [1.807, 2.05) is 42.5 Å². The second-order valence-corrected chi connectivity index (χ2v) is 7.97. The minimum Gasteiger partial charge on any atom is -0.493 e. The maximum Gasteiger partial charge on any atom is 0.326 e. The van der Waals surface area contributed by atoms with E-state index < -0.39 is 5.69 Å². The van der Waals surface area contributed by atoms with Crippen LogP contribution in [0.5, 0.6) is 5.88 Å². The third-order valence-corrected chi connectivity index (χ3v) is 5.56. The van der Waals surface area contributed by atoms with Gasteiger partial charge in [0.05, 0.1) is 12.7 Å². The Bertz CT molecular complexity index is 1760. The van der Waals surface area contributed by atoms with E-state index in [1.165, 1.54) is 10.7 Å². The number of aromatic amines is 2. The Balaban J connectivity index is 1.56. The maximum atomic E-state index is 11.8. The summed E-state index contributed by atoms with van der Waals surface area (Å²) >= 11 is 0.